The Kier molecular flexibility index (Phi) is 4.68. The van der Waals surface area contributed by atoms with Crippen molar-refractivity contribution >= 4 is 0 Å². The summed E-state index contributed by atoms with van der Waals surface area (Å²) in [5.74, 6) is 0. The van der Waals surface area contributed by atoms with Crippen molar-refractivity contribution in [3.8, 4) is 28.6 Å². The summed E-state index contributed by atoms with van der Waals surface area (Å²) >= 11 is 0. The Morgan fingerprint density at radius 1 is 1.04 bits per heavy atom. The minimum absolute atomic E-state index is 0.612. The fourth-order valence-electron chi connectivity index (χ4n) is 3.21. The van der Waals surface area contributed by atoms with E-state index in [9.17, 15) is 5.26 Å². The molecule has 0 saturated carbocycles. The number of aryl methyl sites for hydroxylation is 4. The van der Waals surface area contributed by atoms with Gasteiger partial charge in [-0.25, -0.2) is 4.98 Å². The fourth-order valence-corrected chi connectivity index (χ4v) is 3.21. The van der Waals surface area contributed by atoms with Crippen molar-refractivity contribution in [2.45, 2.75) is 26.9 Å². The van der Waals surface area contributed by atoms with Crippen molar-refractivity contribution in [3.63, 3.8) is 0 Å². The van der Waals surface area contributed by atoms with E-state index in [4.69, 9.17) is 0 Å². The van der Waals surface area contributed by atoms with Crippen LogP contribution in [-0.2, 0) is 13.1 Å². The minimum Gasteiger partial charge on any atom is -0.270 e. The standard InChI is InChI=1S/C21H19N7/c1-15-10-16(2)25-21(19(15)12-22)18-5-3-4-17(11-18)20-6-7-27(26-20)8-9-28-14-23-13-24-28/h3-7,10-11,13-14H,8-9H2,1-2H3. The number of aromatic nitrogens is 6. The first-order valence-corrected chi connectivity index (χ1v) is 8.99. The molecule has 0 unspecified atom stereocenters. The molecule has 0 bridgehead atoms. The van der Waals surface area contributed by atoms with E-state index in [1.807, 2.05) is 61.1 Å². The molecule has 0 aliphatic rings. The number of hydrogen-bond acceptors (Lipinski definition) is 5. The topological polar surface area (TPSA) is 85.2 Å². The predicted octanol–water partition coefficient (Wildman–Crippen LogP) is 3.39. The maximum atomic E-state index is 9.56. The van der Waals surface area contributed by atoms with E-state index in [0.29, 0.717) is 24.3 Å². The molecule has 0 aliphatic carbocycles. The molecule has 0 radical (unpaired) electrons. The van der Waals surface area contributed by atoms with Gasteiger partial charge < -0.3 is 0 Å². The van der Waals surface area contributed by atoms with E-state index in [1.165, 1.54) is 6.33 Å². The van der Waals surface area contributed by atoms with Gasteiger partial charge in [0.2, 0.25) is 0 Å². The highest BCUT2D eigenvalue weighted by Gasteiger charge is 2.12. The van der Waals surface area contributed by atoms with Gasteiger partial charge in [-0.2, -0.15) is 15.5 Å². The Morgan fingerprint density at radius 3 is 2.64 bits per heavy atom. The molecule has 0 N–H and O–H groups in total. The van der Waals surface area contributed by atoms with E-state index in [2.05, 4.69) is 26.2 Å². The summed E-state index contributed by atoms with van der Waals surface area (Å²) in [5.41, 5.74) is 5.94. The van der Waals surface area contributed by atoms with Crippen molar-refractivity contribution < 1.29 is 0 Å². The van der Waals surface area contributed by atoms with Crippen LogP contribution in [0.15, 0.2) is 55.2 Å². The number of nitriles is 1. The fraction of sp³-hybridized carbons (Fsp3) is 0.190. The molecule has 3 aromatic heterocycles. The Morgan fingerprint density at radius 2 is 1.86 bits per heavy atom. The van der Waals surface area contributed by atoms with Crippen LogP contribution < -0.4 is 0 Å². The summed E-state index contributed by atoms with van der Waals surface area (Å²) in [6.07, 6.45) is 5.17. The van der Waals surface area contributed by atoms with E-state index in [1.54, 1.807) is 11.0 Å². The summed E-state index contributed by atoms with van der Waals surface area (Å²) in [5, 5.41) is 18.3. The van der Waals surface area contributed by atoms with Crippen molar-refractivity contribution in [2.75, 3.05) is 0 Å². The van der Waals surface area contributed by atoms with Crippen molar-refractivity contribution in [1.82, 2.24) is 29.5 Å². The number of hydrogen-bond donors (Lipinski definition) is 0. The van der Waals surface area contributed by atoms with E-state index < -0.39 is 0 Å². The zero-order chi connectivity index (χ0) is 19.5. The molecule has 0 fully saturated rings. The molecule has 7 nitrogen and oxygen atoms in total. The lowest BCUT2D eigenvalue weighted by atomic mass is 9.99. The molecule has 0 atom stereocenters. The third-order valence-electron chi connectivity index (χ3n) is 4.55. The summed E-state index contributed by atoms with van der Waals surface area (Å²) in [6, 6.07) is 14.2. The molecular weight excluding hydrogens is 350 g/mol. The third-order valence-corrected chi connectivity index (χ3v) is 4.55. The SMILES string of the molecule is Cc1cc(C)c(C#N)c(-c2cccc(-c3ccn(CCn4cncn4)n3)c2)n1. The zero-order valence-electron chi connectivity index (χ0n) is 15.7. The van der Waals surface area contributed by atoms with Gasteiger partial charge in [-0.15, -0.1) is 0 Å². The van der Waals surface area contributed by atoms with E-state index in [-0.39, 0.29) is 0 Å². The van der Waals surface area contributed by atoms with Crippen molar-refractivity contribution in [1.29, 1.82) is 5.26 Å². The molecule has 4 aromatic rings. The van der Waals surface area contributed by atoms with Gasteiger partial charge >= 0.3 is 0 Å². The Balaban J connectivity index is 1.63. The maximum Gasteiger partial charge on any atom is 0.137 e. The van der Waals surface area contributed by atoms with Gasteiger partial charge in [0.1, 0.15) is 18.7 Å². The highest BCUT2D eigenvalue weighted by molar-refractivity contribution is 5.73. The average Bonchev–Trinajstić information content (AvgIpc) is 3.38. The lowest BCUT2D eigenvalue weighted by Crippen LogP contribution is -2.08. The average molecular weight is 369 g/mol. The Bertz CT molecular complexity index is 1150. The molecule has 0 amide bonds. The lowest BCUT2D eigenvalue weighted by molar-refractivity contribution is 0.500. The largest absolute Gasteiger partial charge is 0.270 e. The monoisotopic (exact) mass is 369 g/mol. The van der Waals surface area contributed by atoms with Crippen LogP contribution >= 0.6 is 0 Å². The first-order chi connectivity index (χ1) is 13.6. The van der Waals surface area contributed by atoms with Crippen LogP contribution in [0.3, 0.4) is 0 Å². The summed E-state index contributed by atoms with van der Waals surface area (Å²) in [7, 11) is 0. The number of benzene rings is 1. The molecule has 28 heavy (non-hydrogen) atoms. The van der Waals surface area contributed by atoms with Gasteiger partial charge in [-0.05, 0) is 37.6 Å². The third kappa shape index (κ3) is 3.53. The first kappa shape index (κ1) is 17.6. The maximum absolute atomic E-state index is 9.56. The number of nitrogens with zero attached hydrogens (tertiary/aromatic N) is 7. The Hall–Kier alpha value is -3.79. The van der Waals surface area contributed by atoms with Crippen LogP contribution in [0.25, 0.3) is 22.5 Å². The molecule has 0 spiro atoms. The summed E-state index contributed by atoms with van der Waals surface area (Å²) in [4.78, 5) is 8.55. The Labute approximate surface area is 162 Å². The van der Waals surface area contributed by atoms with E-state index in [0.717, 1.165) is 28.1 Å². The molecular formula is C21H19N7. The van der Waals surface area contributed by atoms with Gasteiger partial charge in [0, 0.05) is 23.0 Å². The van der Waals surface area contributed by atoms with Crippen LogP contribution in [0.2, 0.25) is 0 Å². The van der Waals surface area contributed by atoms with Gasteiger partial charge in [0.15, 0.2) is 0 Å². The van der Waals surface area contributed by atoms with Gasteiger partial charge in [-0.3, -0.25) is 14.3 Å². The van der Waals surface area contributed by atoms with Crippen LogP contribution in [0, 0.1) is 25.2 Å². The summed E-state index contributed by atoms with van der Waals surface area (Å²) < 4.78 is 3.66. The number of rotatable bonds is 5. The second kappa shape index (κ2) is 7.45. The smallest absolute Gasteiger partial charge is 0.137 e. The zero-order valence-corrected chi connectivity index (χ0v) is 15.7. The predicted molar refractivity (Wildman–Crippen MR) is 105 cm³/mol. The quantitative estimate of drug-likeness (QED) is 0.538. The van der Waals surface area contributed by atoms with Crippen LogP contribution in [0.1, 0.15) is 16.8 Å². The molecule has 0 saturated heterocycles. The number of pyridine rings is 1. The van der Waals surface area contributed by atoms with E-state index >= 15 is 0 Å². The van der Waals surface area contributed by atoms with Gasteiger partial charge in [0.25, 0.3) is 0 Å². The first-order valence-electron chi connectivity index (χ1n) is 8.99. The molecule has 0 aliphatic heterocycles. The minimum atomic E-state index is 0.612. The second-order valence-corrected chi connectivity index (χ2v) is 6.62. The van der Waals surface area contributed by atoms with Gasteiger partial charge in [-0.1, -0.05) is 18.2 Å². The highest BCUT2D eigenvalue weighted by Crippen LogP contribution is 2.28. The second-order valence-electron chi connectivity index (χ2n) is 6.62. The van der Waals surface area contributed by atoms with Crippen LogP contribution in [-0.4, -0.2) is 29.5 Å². The molecule has 138 valence electrons. The van der Waals surface area contributed by atoms with Crippen molar-refractivity contribution in [3.05, 3.63) is 72.1 Å². The van der Waals surface area contributed by atoms with Gasteiger partial charge in [0.05, 0.1) is 30.0 Å². The van der Waals surface area contributed by atoms with Crippen molar-refractivity contribution in [2.24, 2.45) is 0 Å². The lowest BCUT2D eigenvalue weighted by Gasteiger charge is -2.09. The van der Waals surface area contributed by atoms with Crippen LogP contribution in [0.5, 0.6) is 0 Å². The normalized spacial score (nSPS) is 10.8. The van der Waals surface area contributed by atoms with Crippen LogP contribution in [0.4, 0.5) is 0 Å². The highest BCUT2D eigenvalue weighted by atomic mass is 15.3. The molecule has 1 aromatic carbocycles. The molecule has 7 heteroatoms. The molecule has 3 heterocycles. The molecule has 4 rings (SSSR count). The summed E-state index contributed by atoms with van der Waals surface area (Å²) in [6.45, 7) is 5.30.